The maximum atomic E-state index is 12.3. The number of carbonyl (C=O) groups is 2. The van der Waals surface area contributed by atoms with Crippen LogP contribution in [0.1, 0.15) is 31.9 Å². The highest BCUT2D eigenvalue weighted by atomic mass is 16.2. The molecule has 2 amide bonds. The van der Waals surface area contributed by atoms with E-state index in [2.05, 4.69) is 22.2 Å². The molecule has 7 heteroatoms. The van der Waals surface area contributed by atoms with Crippen LogP contribution >= 0.6 is 0 Å². The summed E-state index contributed by atoms with van der Waals surface area (Å²) < 4.78 is 1.81. The molecule has 3 heterocycles. The summed E-state index contributed by atoms with van der Waals surface area (Å²) in [6, 6.07) is 2.29. The van der Waals surface area contributed by atoms with E-state index in [1.807, 2.05) is 13.0 Å². The van der Waals surface area contributed by atoms with Crippen molar-refractivity contribution < 1.29 is 9.59 Å². The number of rotatable bonds is 5. The molecule has 0 bridgehead atoms. The molecule has 1 saturated heterocycles. The summed E-state index contributed by atoms with van der Waals surface area (Å²) in [6.07, 6.45) is 2.72. The molecule has 1 fully saturated rings. The predicted octanol–water partition coefficient (Wildman–Crippen LogP) is 0.529. The molecule has 7 nitrogen and oxygen atoms in total. The second kappa shape index (κ2) is 6.70. The van der Waals surface area contributed by atoms with E-state index >= 15 is 0 Å². The van der Waals surface area contributed by atoms with Crippen molar-refractivity contribution in [3.63, 3.8) is 0 Å². The highest BCUT2D eigenvalue weighted by Gasteiger charge is 2.28. The van der Waals surface area contributed by atoms with E-state index < -0.39 is 0 Å². The van der Waals surface area contributed by atoms with E-state index in [0.29, 0.717) is 25.6 Å². The SMILES string of the molecule is CCN1CCCC1CNC(=O)CN1C(=O)CCn2nc(C)cc21. The number of amides is 2. The van der Waals surface area contributed by atoms with Crippen molar-refractivity contribution in [1.82, 2.24) is 20.0 Å². The Bertz CT molecular complexity index is 597. The lowest BCUT2D eigenvalue weighted by molar-refractivity contribution is -0.124. The molecule has 1 aromatic rings. The monoisotopic (exact) mass is 319 g/mol. The predicted molar refractivity (Wildman–Crippen MR) is 87.2 cm³/mol. The number of nitrogens with zero attached hydrogens (tertiary/aromatic N) is 4. The normalized spacial score (nSPS) is 21.6. The van der Waals surface area contributed by atoms with Crippen LogP contribution in [-0.2, 0) is 16.1 Å². The first-order valence-electron chi connectivity index (χ1n) is 8.44. The fourth-order valence-corrected chi connectivity index (χ4v) is 3.52. The van der Waals surface area contributed by atoms with Gasteiger partial charge in [-0.1, -0.05) is 6.92 Å². The molecule has 2 aliphatic rings. The van der Waals surface area contributed by atoms with Gasteiger partial charge >= 0.3 is 0 Å². The van der Waals surface area contributed by atoms with E-state index in [1.54, 1.807) is 9.58 Å². The van der Waals surface area contributed by atoms with Crippen LogP contribution in [0.2, 0.25) is 0 Å². The van der Waals surface area contributed by atoms with Gasteiger partial charge in [0.1, 0.15) is 12.4 Å². The fourth-order valence-electron chi connectivity index (χ4n) is 3.52. The highest BCUT2D eigenvalue weighted by Crippen LogP contribution is 2.22. The standard InChI is InChI=1S/C16H25N5O2/c1-3-19-7-4-5-13(19)10-17-14(22)11-20-15-9-12(2)18-21(15)8-6-16(20)23/h9,13H,3-8,10-11H2,1-2H3,(H,17,22). The lowest BCUT2D eigenvalue weighted by atomic mass is 10.2. The van der Waals surface area contributed by atoms with Gasteiger partial charge in [0.05, 0.1) is 12.2 Å². The second-order valence-corrected chi connectivity index (χ2v) is 6.33. The molecule has 0 saturated carbocycles. The van der Waals surface area contributed by atoms with Crippen LogP contribution in [0.5, 0.6) is 0 Å². The third kappa shape index (κ3) is 3.39. The number of aryl methyl sites for hydroxylation is 2. The number of carbonyl (C=O) groups excluding carboxylic acids is 2. The smallest absolute Gasteiger partial charge is 0.240 e. The maximum Gasteiger partial charge on any atom is 0.240 e. The first kappa shape index (κ1) is 16.0. The van der Waals surface area contributed by atoms with Gasteiger partial charge in [-0.15, -0.1) is 0 Å². The maximum absolute atomic E-state index is 12.3. The minimum absolute atomic E-state index is 0.0106. The molecule has 0 spiro atoms. The summed E-state index contributed by atoms with van der Waals surface area (Å²) in [4.78, 5) is 28.4. The molecule has 2 aliphatic heterocycles. The summed E-state index contributed by atoms with van der Waals surface area (Å²) in [5, 5.41) is 7.35. The number of hydrogen-bond donors (Lipinski definition) is 1. The minimum Gasteiger partial charge on any atom is -0.353 e. The first-order valence-corrected chi connectivity index (χ1v) is 8.44. The number of fused-ring (bicyclic) bond motifs is 1. The van der Waals surface area contributed by atoms with E-state index in [-0.39, 0.29) is 18.4 Å². The molecule has 1 N–H and O–H groups in total. The van der Waals surface area contributed by atoms with Crippen LogP contribution in [0.3, 0.4) is 0 Å². The van der Waals surface area contributed by atoms with Crippen LogP contribution in [0, 0.1) is 6.92 Å². The Kier molecular flexibility index (Phi) is 4.66. The van der Waals surface area contributed by atoms with Crippen molar-refractivity contribution in [3.8, 4) is 0 Å². The third-order valence-corrected chi connectivity index (χ3v) is 4.74. The lowest BCUT2D eigenvalue weighted by Gasteiger charge is -2.27. The quantitative estimate of drug-likeness (QED) is 0.859. The first-order chi connectivity index (χ1) is 11.1. The summed E-state index contributed by atoms with van der Waals surface area (Å²) in [6.45, 7) is 7.50. The molecule has 126 valence electrons. The molecular formula is C16H25N5O2. The zero-order chi connectivity index (χ0) is 16.4. The minimum atomic E-state index is -0.103. The van der Waals surface area contributed by atoms with Crippen molar-refractivity contribution in [2.75, 3.05) is 31.1 Å². The number of nitrogens with one attached hydrogen (secondary N) is 1. The summed E-state index contributed by atoms with van der Waals surface area (Å²) in [7, 11) is 0. The van der Waals surface area contributed by atoms with Crippen LogP contribution in [-0.4, -0.2) is 58.7 Å². The van der Waals surface area contributed by atoms with Crippen molar-refractivity contribution in [1.29, 1.82) is 0 Å². The average Bonchev–Trinajstić information content (AvgIpc) is 3.13. The highest BCUT2D eigenvalue weighted by molar-refractivity contribution is 5.98. The zero-order valence-electron chi connectivity index (χ0n) is 13.9. The summed E-state index contributed by atoms with van der Waals surface area (Å²) in [5.41, 5.74) is 0.865. The number of likely N-dealkylation sites (N-methyl/N-ethyl adjacent to an activating group) is 1. The molecule has 1 unspecified atom stereocenters. The van der Waals surface area contributed by atoms with E-state index in [1.165, 1.54) is 6.42 Å². The Hall–Kier alpha value is -1.89. The molecule has 1 aromatic heterocycles. The number of likely N-dealkylation sites (tertiary alicyclic amines) is 1. The average molecular weight is 319 g/mol. The Labute approximate surface area is 136 Å². The molecule has 3 rings (SSSR count). The molecule has 0 aromatic carbocycles. The molecule has 0 radical (unpaired) electrons. The van der Waals surface area contributed by atoms with Gasteiger partial charge in [0.2, 0.25) is 11.8 Å². The molecule has 23 heavy (non-hydrogen) atoms. The van der Waals surface area contributed by atoms with Crippen LogP contribution in [0.25, 0.3) is 0 Å². The van der Waals surface area contributed by atoms with Crippen molar-refractivity contribution >= 4 is 17.6 Å². The van der Waals surface area contributed by atoms with Crippen molar-refractivity contribution in [2.45, 2.75) is 45.7 Å². The lowest BCUT2D eigenvalue weighted by Crippen LogP contribution is -2.47. The van der Waals surface area contributed by atoms with Crippen LogP contribution in [0.4, 0.5) is 5.82 Å². The van der Waals surface area contributed by atoms with Crippen molar-refractivity contribution in [3.05, 3.63) is 11.8 Å². The van der Waals surface area contributed by atoms with Gasteiger partial charge in [0.15, 0.2) is 0 Å². The van der Waals surface area contributed by atoms with Gasteiger partial charge in [-0.2, -0.15) is 5.10 Å². The van der Waals surface area contributed by atoms with E-state index in [9.17, 15) is 9.59 Å². The largest absolute Gasteiger partial charge is 0.353 e. The number of hydrogen-bond acceptors (Lipinski definition) is 4. The van der Waals surface area contributed by atoms with Gasteiger partial charge in [-0.3, -0.25) is 19.4 Å². The van der Waals surface area contributed by atoms with Crippen LogP contribution in [0.15, 0.2) is 6.07 Å². The van der Waals surface area contributed by atoms with Gasteiger partial charge < -0.3 is 5.32 Å². The zero-order valence-corrected chi connectivity index (χ0v) is 13.9. The third-order valence-electron chi connectivity index (χ3n) is 4.74. The summed E-state index contributed by atoms with van der Waals surface area (Å²) in [5.74, 6) is 0.613. The molecule has 0 aliphatic carbocycles. The number of aromatic nitrogens is 2. The van der Waals surface area contributed by atoms with Gasteiger partial charge in [-0.05, 0) is 32.9 Å². The fraction of sp³-hybridized carbons (Fsp3) is 0.688. The van der Waals surface area contributed by atoms with Crippen LogP contribution < -0.4 is 10.2 Å². The van der Waals surface area contributed by atoms with Gasteiger partial charge in [-0.25, -0.2) is 4.68 Å². The Morgan fingerprint density at radius 3 is 3.04 bits per heavy atom. The van der Waals surface area contributed by atoms with E-state index in [0.717, 1.165) is 31.0 Å². The molecular weight excluding hydrogens is 294 g/mol. The summed E-state index contributed by atoms with van der Waals surface area (Å²) >= 11 is 0. The van der Waals surface area contributed by atoms with Gasteiger partial charge in [0, 0.05) is 25.1 Å². The Morgan fingerprint density at radius 2 is 2.26 bits per heavy atom. The van der Waals surface area contributed by atoms with Crippen molar-refractivity contribution in [2.24, 2.45) is 0 Å². The van der Waals surface area contributed by atoms with E-state index in [4.69, 9.17) is 0 Å². The molecule has 1 atom stereocenters. The topological polar surface area (TPSA) is 70.5 Å². The number of anilines is 1. The second-order valence-electron chi connectivity index (χ2n) is 6.33. The Balaban J connectivity index is 1.58. The van der Waals surface area contributed by atoms with Gasteiger partial charge in [0.25, 0.3) is 0 Å². The Morgan fingerprint density at radius 1 is 1.43 bits per heavy atom.